The first-order chi connectivity index (χ1) is 8.79. The standard InChI is InChI=1S/C10H17N3O4S2/c1-7(13(2)3)5-12-19(15,16)10-8(9(14)17-4)11-6-18-10/h6-7,12H,5H2,1-4H3. The Hall–Kier alpha value is -1.03. The topological polar surface area (TPSA) is 88.6 Å². The second-order valence-corrected chi connectivity index (χ2v) is 6.96. The SMILES string of the molecule is COC(=O)c1ncsc1S(=O)(=O)NCC(C)N(C)C. The predicted octanol–water partition coefficient (Wildman–Crippen LogP) is 0.158. The maximum atomic E-state index is 12.1. The lowest BCUT2D eigenvalue weighted by molar-refractivity contribution is 0.0590. The molecule has 1 atom stereocenters. The van der Waals surface area contributed by atoms with Crippen molar-refractivity contribution in [3.63, 3.8) is 0 Å². The highest BCUT2D eigenvalue weighted by Gasteiger charge is 2.26. The van der Waals surface area contributed by atoms with E-state index in [1.165, 1.54) is 12.6 Å². The smallest absolute Gasteiger partial charge is 0.358 e. The number of carbonyl (C=O) groups excluding carboxylic acids is 1. The van der Waals surface area contributed by atoms with Crippen molar-refractivity contribution >= 4 is 27.3 Å². The predicted molar refractivity (Wildman–Crippen MR) is 71.8 cm³/mol. The number of nitrogens with one attached hydrogen (secondary N) is 1. The van der Waals surface area contributed by atoms with Crippen LogP contribution in [0.5, 0.6) is 0 Å². The minimum atomic E-state index is -3.75. The van der Waals surface area contributed by atoms with Crippen molar-refractivity contribution in [3.05, 3.63) is 11.2 Å². The lowest BCUT2D eigenvalue weighted by Gasteiger charge is -2.19. The maximum Gasteiger partial charge on any atom is 0.358 e. The molecule has 1 N–H and O–H groups in total. The van der Waals surface area contributed by atoms with Gasteiger partial charge in [0.25, 0.3) is 10.0 Å². The Morgan fingerprint density at radius 3 is 2.74 bits per heavy atom. The number of ether oxygens (including phenoxy) is 1. The van der Waals surface area contributed by atoms with Gasteiger partial charge >= 0.3 is 5.97 Å². The Balaban J connectivity index is 2.90. The number of aromatic nitrogens is 1. The van der Waals surface area contributed by atoms with Crippen LogP contribution in [-0.2, 0) is 14.8 Å². The third-order valence-electron chi connectivity index (χ3n) is 2.61. The molecular weight excluding hydrogens is 290 g/mol. The van der Waals surface area contributed by atoms with Crippen LogP contribution in [-0.4, -0.2) is 58.1 Å². The first-order valence-electron chi connectivity index (χ1n) is 5.47. The lowest BCUT2D eigenvalue weighted by atomic mass is 10.3. The summed E-state index contributed by atoms with van der Waals surface area (Å²) in [5, 5.41) is 0. The number of methoxy groups -OCH3 is 1. The Kier molecular flexibility index (Phi) is 5.41. The molecule has 1 heterocycles. The second-order valence-electron chi connectivity index (χ2n) is 4.14. The van der Waals surface area contributed by atoms with Gasteiger partial charge in [0.05, 0.1) is 12.6 Å². The van der Waals surface area contributed by atoms with Crippen molar-refractivity contribution in [1.82, 2.24) is 14.6 Å². The number of hydrogen-bond acceptors (Lipinski definition) is 7. The monoisotopic (exact) mass is 307 g/mol. The highest BCUT2D eigenvalue weighted by molar-refractivity contribution is 7.91. The van der Waals surface area contributed by atoms with Crippen LogP contribution in [0, 0.1) is 0 Å². The van der Waals surface area contributed by atoms with Gasteiger partial charge in [-0.3, -0.25) is 0 Å². The van der Waals surface area contributed by atoms with E-state index in [1.807, 2.05) is 25.9 Å². The molecule has 0 aliphatic carbocycles. The van der Waals surface area contributed by atoms with Crippen molar-refractivity contribution in [3.8, 4) is 0 Å². The molecule has 0 aliphatic rings. The van der Waals surface area contributed by atoms with Gasteiger partial charge in [-0.05, 0) is 21.0 Å². The second kappa shape index (κ2) is 6.42. The van der Waals surface area contributed by atoms with E-state index in [4.69, 9.17) is 0 Å². The zero-order chi connectivity index (χ0) is 14.6. The van der Waals surface area contributed by atoms with E-state index in [0.717, 1.165) is 11.3 Å². The summed E-state index contributed by atoms with van der Waals surface area (Å²) in [6.45, 7) is 2.13. The van der Waals surface area contributed by atoms with E-state index in [-0.39, 0.29) is 22.5 Å². The van der Waals surface area contributed by atoms with Crippen LogP contribution < -0.4 is 4.72 Å². The Morgan fingerprint density at radius 1 is 1.58 bits per heavy atom. The molecule has 0 amide bonds. The Morgan fingerprint density at radius 2 is 2.21 bits per heavy atom. The number of hydrogen-bond donors (Lipinski definition) is 1. The summed E-state index contributed by atoms with van der Waals surface area (Å²) in [7, 11) is 1.13. The largest absolute Gasteiger partial charge is 0.464 e. The third kappa shape index (κ3) is 3.96. The summed E-state index contributed by atoms with van der Waals surface area (Å²) < 4.78 is 31.0. The van der Waals surface area contributed by atoms with Gasteiger partial charge in [-0.15, -0.1) is 11.3 Å². The van der Waals surface area contributed by atoms with Gasteiger partial charge in [0, 0.05) is 12.6 Å². The first-order valence-corrected chi connectivity index (χ1v) is 7.83. The minimum absolute atomic E-state index is 0.0317. The van der Waals surface area contributed by atoms with Crippen LogP contribution in [0.1, 0.15) is 17.4 Å². The Bertz CT molecular complexity index is 539. The van der Waals surface area contributed by atoms with E-state index in [0.29, 0.717) is 0 Å². The molecule has 0 spiro atoms. The number of sulfonamides is 1. The zero-order valence-corrected chi connectivity index (χ0v) is 12.8. The summed E-state index contributed by atoms with van der Waals surface area (Å²) in [5.74, 6) is -0.762. The summed E-state index contributed by atoms with van der Waals surface area (Å²) in [5.41, 5.74) is 1.12. The summed E-state index contributed by atoms with van der Waals surface area (Å²) >= 11 is 0.884. The van der Waals surface area contributed by atoms with Gasteiger partial charge in [0.1, 0.15) is 0 Å². The molecule has 1 unspecified atom stereocenters. The molecule has 1 rings (SSSR count). The van der Waals surface area contributed by atoms with E-state index in [2.05, 4.69) is 14.4 Å². The van der Waals surface area contributed by atoms with Crippen LogP contribution >= 0.6 is 11.3 Å². The molecule has 0 saturated heterocycles. The molecule has 108 valence electrons. The van der Waals surface area contributed by atoms with Crippen LogP contribution in [0.25, 0.3) is 0 Å². The van der Waals surface area contributed by atoms with Crippen molar-refractivity contribution < 1.29 is 17.9 Å². The molecule has 1 aromatic rings. The molecule has 0 saturated carbocycles. The highest BCUT2D eigenvalue weighted by Crippen LogP contribution is 2.20. The number of nitrogens with zero attached hydrogens (tertiary/aromatic N) is 2. The Labute approximate surface area is 116 Å². The molecule has 1 aromatic heterocycles. The molecule has 19 heavy (non-hydrogen) atoms. The maximum absolute atomic E-state index is 12.1. The molecule has 0 fully saturated rings. The van der Waals surface area contributed by atoms with Crippen LogP contribution in [0.3, 0.4) is 0 Å². The van der Waals surface area contributed by atoms with E-state index in [1.54, 1.807) is 0 Å². The molecular formula is C10H17N3O4S2. The average Bonchev–Trinajstić information content (AvgIpc) is 2.84. The molecule has 9 heteroatoms. The van der Waals surface area contributed by atoms with Crippen LogP contribution in [0.15, 0.2) is 9.72 Å². The normalized spacial score (nSPS) is 13.5. The number of rotatable bonds is 6. The number of carbonyl (C=O) groups is 1. The average molecular weight is 307 g/mol. The van der Waals surface area contributed by atoms with E-state index < -0.39 is 16.0 Å². The summed E-state index contributed by atoms with van der Waals surface area (Å²) in [6, 6.07) is 0.0317. The minimum Gasteiger partial charge on any atom is -0.464 e. The van der Waals surface area contributed by atoms with Gasteiger partial charge in [-0.2, -0.15) is 0 Å². The lowest BCUT2D eigenvalue weighted by Crippen LogP contribution is -2.38. The van der Waals surface area contributed by atoms with Crippen LogP contribution in [0.4, 0.5) is 0 Å². The molecule has 0 aliphatic heterocycles. The van der Waals surface area contributed by atoms with E-state index >= 15 is 0 Å². The number of esters is 1. The fourth-order valence-corrected chi connectivity index (χ4v) is 3.43. The van der Waals surface area contributed by atoms with Crippen LogP contribution in [0.2, 0.25) is 0 Å². The highest BCUT2D eigenvalue weighted by atomic mass is 32.2. The summed E-state index contributed by atoms with van der Waals surface area (Å²) in [6.07, 6.45) is 0. The van der Waals surface area contributed by atoms with Crippen molar-refractivity contribution in [2.24, 2.45) is 0 Å². The summed E-state index contributed by atoms with van der Waals surface area (Å²) in [4.78, 5) is 17.0. The van der Waals surface area contributed by atoms with E-state index in [9.17, 15) is 13.2 Å². The molecule has 0 bridgehead atoms. The zero-order valence-electron chi connectivity index (χ0n) is 11.2. The van der Waals surface area contributed by atoms with Gasteiger partial charge in [0.15, 0.2) is 9.90 Å². The molecule has 7 nitrogen and oxygen atoms in total. The fraction of sp³-hybridized carbons (Fsp3) is 0.600. The molecule has 0 radical (unpaired) electrons. The van der Waals surface area contributed by atoms with Gasteiger partial charge in [-0.25, -0.2) is 22.9 Å². The van der Waals surface area contributed by atoms with Crippen molar-refractivity contribution in [2.45, 2.75) is 17.2 Å². The first kappa shape index (κ1) is 16.0. The number of thiazole rings is 1. The molecule has 0 aromatic carbocycles. The fourth-order valence-electron chi connectivity index (χ4n) is 1.14. The van der Waals surface area contributed by atoms with Gasteiger partial charge in [0.2, 0.25) is 0 Å². The van der Waals surface area contributed by atoms with Gasteiger partial charge in [-0.1, -0.05) is 0 Å². The number of likely N-dealkylation sites (N-methyl/N-ethyl adjacent to an activating group) is 1. The van der Waals surface area contributed by atoms with Crippen molar-refractivity contribution in [2.75, 3.05) is 27.7 Å². The third-order valence-corrected chi connectivity index (χ3v) is 5.40. The quantitative estimate of drug-likeness (QED) is 0.753. The van der Waals surface area contributed by atoms with Crippen molar-refractivity contribution in [1.29, 1.82) is 0 Å². The van der Waals surface area contributed by atoms with Gasteiger partial charge < -0.3 is 9.64 Å².